The number of aryl methyl sites for hydroxylation is 2. The Labute approximate surface area is 145 Å². The van der Waals surface area contributed by atoms with Crippen molar-refractivity contribution in [2.24, 2.45) is 0 Å². The van der Waals surface area contributed by atoms with E-state index in [0.29, 0.717) is 12.1 Å². The Morgan fingerprint density at radius 3 is 2.52 bits per heavy atom. The van der Waals surface area contributed by atoms with E-state index in [-0.39, 0.29) is 16.7 Å². The maximum atomic E-state index is 12.9. The first-order valence-corrected chi connectivity index (χ1v) is 9.06. The van der Waals surface area contributed by atoms with Crippen LogP contribution in [0, 0.1) is 19.7 Å². The Hall–Kier alpha value is -2.74. The standard InChI is InChI=1S/C17H17FN4O2S/c1-12-3-8-16(13(2)9-12)25(23,24)21-17-19-11-22(20-17)10-14-4-6-15(18)7-5-14/h3-9,11H,10H2,1-2H3,(H,20,21). The monoisotopic (exact) mass is 360 g/mol. The Bertz CT molecular complexity index is 998. The van der Waals surface area contributed by atoms with Gasteiger partial charge < -0.3 is 0 Å². The molecular formula is C17H17FN4O2S. The van der Waals surface area contributed by atoms with Crippen LogP contribution in [-0.4, -0.2) is 23.2 Å². The summed E-state index contributed by atoms with van der Waals surface area (Å²) in [6.07, 6.45) is 1.42. The minimum atomic E-state index is -3.76. The van der Waals surface area contributed by atoms with Gasteiger partial charge >= 0.3 is 0 Å². The summed E-state index contributed by atoms with van der Waals surface area (Å²) in [5.41, 5.74) is 2.46. The molecule has 0 unspecified atom stereocenters. The highest BCUT2D eigenvalue weighted by Crippen LogP contribution is 2.18. The summed E-state index contributed by atoms with van der Waals surface area (Å²) in [6, 6.07) is 11.1. The molecule has 1 aromatic heterocycles. The minimum absolute atomic E-state index is 0.0120. The molecular weight excluding hydrogens is 343 g/mol. The predicted octanol–water partition coefficient (Wildman–Crippen LogP) is 2.88. The van der Waals surface area contributed by atoms with Crippen molar-refractivity contribution >= 4 is 16.0 Å². The Kier molecular flexibility index (Phi) is 4.54. The number of benzene rings is 2. The molecule has 1 N–H and O–H groups in total. The summed E-state index contributed by atoms with van der Waals surface area (Å²) in [7, 11) is -3.76. The fraction of sp³-hybridized carbons (Fsp3) is 0.176. The maximum Gasteiger partial charge on any atom is 0.264 e. The lowest BCUT2D eigenvalue weighted by Gasteiger charge is -2.08. The Morgan fingerprint density at radius 2 is 1.84 bits per heavy atom. The van der Waals surface area contributed by atoms with Crippen LogP contribution in [0.3, 0.4) is 0 Å². The van der Waals surface area contributed by atoms with E-state index in [1.54, 1.807) is 37.3 Å². The van der Waals surface area contributed by atoms with Gasteiger partial charge in [-0.3, -0.25) is 0 Å². The van der Waals surface area contributed by atoms with Gasteiger partial charge in [0.2, 0.25) is 0 Å². The first-order chi connectivity index (χ1) is 11.8. The van der Waals surface area contributed by atoms with Gasteiger partial charge in [-0.25, -0.2) is 22.2 Å². The second kappa shape index (κ2) is 6.64. The summed E-state index contributed by atoms with van der Waals surface area (Å²) in [5.74, 6) is -0.327. The summed E-state index contributed by atoms with van der Waals surface area (Å²) in [6.45, 7) is 4.00. The normalized spacial score (nSPS) is 11.5. The van der Waals surface area contributed by atoms with Crippen LogP contribution in [0.25, 0.3) is 0 Å². The number of nitrogens with one attached hydrogen (secondary N) is 1. The third kappa shape index (κ3) is 4.03. The lowest BCUT2D eigenvalue weighted by Crippen LogP contribution is -2.15. The molecule has 0 fully saturated rings. The predicted molar refractivity (Wildman–Crippen MR) is 92.2 cm³/mol. The van der Waals surface area contributed by atoms with E-state index in [1.807, 2.05) is 6.92 Å². The number of halogens is 1. The molecule has 0 aliphatic carbocycles. The molecule has 0 saturated heterocycles. The highest BCUT2D eigenvalue weighted by Gasteiger charge is 2.18. The Balaban J connectivity index is 1.77. The number of sulfonamides is 1. The molecule has 1 heterocycles. The SMILES string of the molecule is Cc1ccc(S(=O)(=O)Nc2ncn(Cc3ccc(F)cc3)n2)c(C)c1. The molecule has 0 aliphatic rings. The highest BCUT2D eigenvalue weighted by molar-refractivity contribution is 7.92. The van der Waals surface area contributed by atoms with Gasteiger partial charge in [-0.1, -0.05) is 29.8 Å². The zero-order valence-corrected chi connectivity index (χ0v) is 14.6. The molecule has 0 bridgehead atoms. The van der Waals surface area contributed by atoms with Gasteiger partial charge in [0.15, 0.2) is 0 Å². The van der Waals surface area contributed by atoms with Crippen molar-refractivity contribution in [3.63, 3.8) is 0 Å². The van der Waals surface area contributed by atoms with E-state index in [2.05, 4.69) is 14.8 Å². The molecule has 0 spiro atoms. The number of hydrogen-bond acceptors (Lipinski definition) is 4. The van der Waals surface area contributed by atoms with E-state index in [4.69, 9.17) is 0 Å². The molecule has 25 heavy (non-hydrogen) atoms. The molecule has 0 saturated carbocycles. The van der Waals surface area contributed by atoms with E-state index < -0.39 is 10.0 Å². The van der Waals surface area contributed by atoms with Crippen molar-refractivity contribution in [3.05, 3.63) is 71.3 Å². The first kappa shape index (κ1) is 17.1. The third-order valence-electron chi connectivity index (χ3n) is 3.64. The molecule has 2 aromatic carbocycles. The summed E-state index contributed by atoms with van der Waals surface area (Å²) < 4.78 is 41.8. The molecule has 3 rings (SSSR count). The molecule has 0 aliphatic heterocycles. The smallest absolute Gasteiger partial charge is 0.246 e. The van der Waals surface area contributed by atoms with Crippen LogP contribution in [0.15, 0.2) is 53.7 Å². The second-order valence-electron chi connectivity index (χ2n) is 5.77. The van der Waals surface area contributed by atoms with Crippen molar-refractivity contribution in [1.82, 2.24) is 14.8 Å². The van der Waals surface area contributed by atoms with Gasteiger partial charge in [-0.15, -0.1) is 5.10 Å². The van der Waals surface area contributed by atoms with Crippen LogP contribution in [0.1, 0.15) is 16.7 Å². The summed E-state index contributed by atoms with van der Waals surface area (Å²) in [4.78, 5) is 4.16. The number of rotatable bonds is 5. The topological polar surface area (TPSA) is 76.9 Å². The van der Waals surface area contributed by atoms with Crippen molar-refractivity contribution in [1.29, 1.82) is 0 Å². The molecule has 130 valence electrons. The highest BCUT2D eigenvalue weighted by atomic mass is 32.2. The molecule has 0 amide bonds. The zero-order chi connectivity index (χ0) is 18.0. The third-order valence-corrected chi connectivity index (χ3v) is 5.13. The molecule has 0 radical (unpaired) electrons. The minimum Gasteiger partial charge on any atom is -0.246 e. The van der Waals surface area contributed by atoms with Crippen molar-refractivity contribution < 1.29 is 12.8 Å². The average molecular weight is 360 g/mol. The number of anilines is 1. The van der Waals surface area contributed by atoms with Crippen LogP contribution in [0.5, 0.6) is 0 Å². The quantitative estimate of drug-likeness (QED) is 0.759. The molecule has 8 heteroatoms. The van der Waals surface area contributed by atoms with Gasteiger partial charge in [-0.2, -0.15) is 4.98 Å². The fourth-order valence-corrected chi connectivity index (χ4v) is 3.64. The maximum absolute atomic E-state index is 12.9. The Morgan fingerprint density at radius 1 is 1.12 bits per heavy atom. The number of aromatic nitrogens is 3. The summed E-state index contributed by atoms with van der Waals surface area (Å²) in [5, 5.41) is 4.11. The van der Waals surface area contributed by atoms with Crippen molar-refractivity contribution in [2.75, 3.05) is 4.72 Å². The van der Waals surface area contributed by atoms with Crippen LogP contribution in [0.4, 0.5) is 10.3 Å². The van der Waals surface area contributed by atoms with Crippen LogP contribution in [0.2, 0.25) is 0 Å². The van der Waals surface area contributed by atoms with Crippen molar-refractivity contribution in [2.45, 2.75) is 25.3 Å². The number of hydrogen-bond donors (Lipinski definition) is 1. The van der Waals surface area contributed by atoms with Gasteiger partial charge in [0.05, 0.1) is 11.4 Å². The lowest BCUT2D eigenvalue weighted by molar-refractivity contribution is 0.600. The fourth-order valence-electron chi connectivity index (χ4n) is 2.47. The lowest BCUT2D eigenvalue weighted by atomic mass is 10.2. The number of nitrogens with zero attached hydrogens (tertiary/aromatic N) is 3. The van der Waals surface area contributed by atoms with Crippen LogP contribution in [-0.2, 0) is 16.6 Å². The van der Waals surface area contributed by atoms with Gasteiger partial charge in [-0.05, 0) is 43.2 Å². The van der Waals surface area contributed by atoms with E-state index in [9.17, 15) is 12.8 Å². The van der Waals surface area contributed by atoms with Gasteiger partial charge in [0, 0.05) is 0 Å². The van der Waals surface area contributed by atoms with Crippen LogP contribution < -0.4 is 4.72 Å². The molecule has 3 aromatic rings. The zero-order valence-electron chi connectivity index (χ0n) is 13.8. The van der Waals surface area contributed by atoms with Crippen LogP contribution >= 0.6 is 0 Å². The van der Waals surface area contributed by atoms with Gasteiger partial charge in [0.1, 0.15) is 12.1 Å². The van der Waals surface area contributed by atoms with E-state index >= 15 is 0 Å². The largest absolute Gasteiger partial charge is 0.264 e. The molecule has 0 atom stereocenters. The molecule has 6 nitrogen and oxygen atoms in total. The summed E-state index contributed by atoms with van der Waals surface area (Å²) >= 11 is 0. The van der Waals surface area contributed by atoms with E-state index in [1.165, 1.54) is 23.1 Å². The van der Waals surface area contributed by atoms with Gasteiger partial charge in [0.25, 0.3) is 16.0 Å². The first-order valence-electron chi connectivity index (χ1n) is 7.57. The second-order valence-corrected chi connectivity index (χ2v) is 7.42. The average Bonchev–Trinajstić information content (AvgIpc) is 2.95. The van der Waals surface area contributed by atoms with Crippen molar-refractivity contribution in [3.8, 4) is 0 Å². The van der Waals surface area contributed by atoms with E-state index in [0.717, 1.165) is 11.1 Å².